The van der Waals surface area contributed by atoms with Gasteiger partial charge in [0.1, 0.15) is 5.75 Å². The zero-order chi connectivity index (χ0) is 16.7. The number of hydrogen-bond acceptors (Lipinski definition) is 4. The second-order valence-electron chi connectivity index (χ2n) is 4.83. The van der Waals surface area contributed by atoms with Crippen molar-refractivity contribution in [1.29, 1.82) is 5.41 Å². The third-order valence-electron chi connectivity index (χ3n) is 2.97. The molecule has 0 atom stereocenters. The summed E-state index contributed by atoms with van der Waals surface area (Å²) in [5.41, 5.74) is 6.84. The molecular formula is C19H18N2OS. The van der Waals surface area contributed by atoms with Gasteiger partial charge in [-0.1, -0.05) is 43.0 Å². The fourth-order valence-corrected chi connectivity index (χ4v) is 2.75. The number of benzene rings is 2. The average molecular weight is 322 g/mol. The zero-order valence-corrected chi connectivity index (χ0v) is 13.4. The number of thiophene rings is 1. The Morgan fingerprint density at radius 3 is 2.43 bits per heavy atom. The summed E-state index contributed by atoms with van der Waals surface area (Å²) >= 11 is 1.65. The van der Waals surface area contributed by atoms with Crippen LogP contribution in [0.1, 0.15) is 10.4 Å². The van der Waals surface area contributed by atoms with Gasteiger partial charge in [-0.15, -0.1) is 11.3 Å². The van der Waals surface area contributed by atoms with E-state index in [9.17, 15) is 0 Å². The fraction of sp³-hybridized carbons (Fsp3) is 0. The van der Waals surface area contributed by atoms with E-state index in [1.807, 2.05) is 24.3 Å². The van der Waals surface area contributed by atoms with Gasteiger partial charge in [-0.05, 0) is 41.3 Å². The first-order valence-electron chi connectivity index (χ1n) is 6.99. The van der Waals surface area contributed by atoms with Crippen molar-refractivity contribution in [3.8, 4) is 5.75 Å². The second-order valence-corrected chi connectivity index (χ2v) is 5.95. The van der Waals surface area contributed by atoms with Gasteiger partial charge in [0.05, 0.1) is 0 Å². The molecular weight excluding hydrogens is 304 g/mol. The number of nitrogens with one attached hydrogen (secondary N) is 1. The summed E-state index contributed by atoms with van der Waals surface area (Å²) in [4.78, 5) is 1.02. The smallest absolute Gasteiger partial charge is 0.115 e. The molecule has 3 nitrogen and oxygen atoms in total. The molecule has 0 saturated heterocycles. The Balaban J connectivity index is 0.000000167. The lowest BCUT2D eigenvalue weighted by Crippen LogP contribution is -1.87. The maximum Gasteiger partial charge on any atom is 0.115 e. The van der Waals surface area contributed by atoms with Gasteiger partial charge < -0.3 is 16.2 Å². The summed E-state index contributed by atoms with van der Waals surface area (Å²) in [6.07, 6.45) is 4.94. The van der Waals surface area contributed by atoms with E-state index in [-0.39, 0.29) is 5.75 Å². The van der Waals surface area contributed by atoms with E-state index in [2.05, 4.69) is 18.7 Å². The SMILES string of the molecule is C=C(N)/C=C/c1ccc(O)cc1.N=Cc1cc2ccccc2s1. The summed E-state index contributed by atoms with van der Waals surface area (Å²) in [5.74, 6) is 0.263. The van der Waals surface area contributed by atoms with Crippen LogP contribution in [0.2, 0.25) is 0 Å². The van der Waals surface area contributed by atoms with Crippen LogP contribution < -0.4 is 5.73 Å². The highest BCUT2D eigenvalue weighted by molar-refractivity contribution is 7.20. The average Bonchev–Trinajstić information content (AvgIpc) is 2.98. The normalized spacial score (nSPS) is 10.3. The second kappa shape index (κ2) is 7.96. The Morgan fingerprint density at radius 2 is 1.83 bits per heavy atom. The summed E-state index contributed by atoms with van der Waals surface area (Å²) in [6, 6.07) is 17.1. The maximum absolute atomic E-state index is 8.97. The molecule has 0 bridgehead atoms. The van der Waals surface area contributed by atoms with E-state index in [0.29, 0.717) is 5.70 Å². The zero-order valence-electron chi connectivity index (χ0n) is 12.6. The molecule has 4 heteroatoms. The molecule has 3 rings (SSSR count). The molecule has 0 radical (unpaired) electrons. The van der Waals surface area contributed by atoms with Crippen molar-refractivity contribution in [3.63, 3.8) is 0 Å². The first-order valence-corrected chi connectivity index (χ1v) is 7.80. The number of fused-ring (bicyclic) bond motifs is 1. The Labute approximate surface area is 139 Å². The van der Waals surface area contributed by atoms with Crippen molar-refractivity contribution in [2.24, 2.45) is 5.73 Å². The number of rotatable bonds is 3. The molecule has 1 aromatic heterocycles. The molecule has 4 N–H and O–H groups in total. The Hall–Kier alpha value is -2.85. The molecule has 0 aliphatic rings. The number of allylic oxidation sites excluding steroid dienone is 1. The monoisotopic (exact) mass is 322 g/mol. The minimum atomic E-state index is 0.263. The van der Waals surface area contributed by atoms with E-state index < -0.39 is 0 Å². The van der Waals surface area contributed by atoms with Crippen LogP contribution >= 0.6 is 11.3 Å². The van der Waals surface area contributed by atoms with Gasteiger partial charge in [-0.2, -0.15) is 0 Å². The van der Waals surface area contributed by atoms with Crippen LogP contribution in [0.15, 0.2) is 72.9 Å². The first kappa shape index (κ1) is 16.5. The Kier molecular flexibility index (Phi) is 5.72. The van der Waals surface area contributed by atoms with Crippen LogP contribution in [0.3, 0.4) is 0 Å². The van der Waals surface area contributed by atoms with Crippen LogP contribution in [-0.4, -0.2) is 11.3 Å². The number of phenols is 1. The fourth-order valence-electron chi connectivity index (χ4n) is 1.86. The molecule has 0 aliphatic carbocycles. The molecule has 23 heavy (non-hydrogen) atoms. The van der Waals surface area contributed by atoms with Crippen molar-refractivity contribution in [2.45, 2.75) is 0 Å². The molecule has 2 aromatic carbocycles. The highest BCUT2D eigenvalue weighted by Gasteiger charge is 1.96. The highest BCUT2D eigenvalue weighted by Crippen LogP contribution is 2.23. The van der Waals surface area contributed by atoms with Crippen LogP contribution in [0.25, 0.3) is 16.2 Å². The third kappa shape index (κ3) is 5.13. The lowest BCUT2D eigenvalue weighted by atomic mass is 10.2. The largest absolute Gasteiger partial charge is 0.508 e. The van der Waals surface area contributed by atoms with E-state index in [1.165, 1.54) is 16.3 Å². The van der Waals surface area contributed by atoms with Gasteiger partial charge >= 0.3 is 0 Å². The quantitative estimate of drug-likeness (QED) is 0.480. The minimum absolute atomic E-state index is 0.263. The molecule has 0 spiro atoms. The highest BCUT2D eigenvalue weighted by atomic mass is 32.1. The predicted molar refractivity (Wildman–Crippen MR) is 100 cm³/mol. The number of nitrogens with two attached hydrogens (primary N) is 1. The van der Waals surface area contributed by atoms with E-state index in [1.54, 1.807) is 41.7 Å². The number of aromatic hydroxyl groups is 1. The van der Waals surface area contributed by atoms with Crippen molar-refractivity contribution < 1.29 is 5.11 Å². The van der Waals surface area contributed by atoms with Gasteiger partial charge in [0.25, 0.3) is 0 Å². The molecule has 0 unspecified atom stereocenters. The summed E-state index contributed by atoms with van der Waals surface area (Å²) in [5, 5.41) is 17.3. The molecule has 0 saturated carbocycles. The summed E-state index contributed by atoms with van der Waals surface area (Å²) < 4.78 is 1.26. The van der Waals surface area contributed by atoms with Crippen molar-refractivity contribution in [3.05, 3.63) is 83.4 Å². The van der Waals surface area contributed by atoms with Crippen LogP contribution in [0.5, 0.6) is 5.75 Å². The molecule has 0 aliphatic heterocycles. The lowest BCUT2D eigenvalue weighted by molar-refractivity contribution is 0.475. The van der Waals surface area contributed by atoms with Crippen molar-refractivity contribution >= 4 is 33.7 Å². The number of hydrogen-bond donors (Lipinski definition) is 3. The van der Waals surface area contributed by atoms with Crippen LogP contribution in [0, 0.1) is 5.41 Å². The van der Waals surface area contributed by atoms with E-state index in [0.717, 1.165) is 10.4 Å². The van der Waals surface area contributed by atoms with Gasteiger partial charge in [0.15, 0.2) is 0 Å². The van der Waals surface area contributed by atoms with Gasteiger partial charge in [-0.3, -0.25) is 0 Å². The third-order valence-corrected chi connectivity index (χ3v) is 4.03. The van der Waals surface area contributed by atoms with Crippen molar-refractivity contribution in [2.75, 3.05) is 0 Å². The Bertz CT molecular complexity index is 799. The number of phenolic OH excluding ortho intramolecular Hbond substituents is 1. The van der Waals surface area contributed by atoms with E-state index >= 15 is 0 Å². The van der Waals surface area contributed by atoms with Crippen LogP contribution in [0.4, 0.5) is 0 Å². The van der Waals surface area contributed by atoms with Crippen LogP contribution in [-0.2, 0) is 0 Å². The Morgan fingerprint density at radius 1 is 1.13 bits per heavy atom. The molecule has 116 valence electrons. The molecule has 1 heterocycles. The topological polar surface area (TPSA) is 70.1 Å². The standard InChI is InChI=1S/C10H11NO.C9H7NS/c1-8(11)2-3-9-4-6-10(12)7-5-9;10-6-8-5-7-3-1-2-4-9(7)11-8/h2-7,12H,1,11H2;1-6,10H/b3-2+;. The minimum Gasteiger partial charge on any atom is -0.508 e. The summed E-state index contributed by atoms with van der Waals surface area (Å²) in [7, 11) is 0. The van der Waals surface area contributed by atoms with Gasteiger partial charge in [-0.25, -0.2) is 0 Å². The van der Waals surface area contributed by atoms with Gasteiger partial charge in [0, 0.05) is 21.5 Å². The maximum atomic E-state index is 8.97. The molecule has 3 aromatic rings. The first-order chi connectivity index (χ1) is 11.1. The summed E-state index contributed by atoms with van der Waals surface area (Å²) in [6.45, 7) is 3.53. The van der Waals surface area contributed by atoms with E-state index in [4.69, 9.17) is 16.2 Å². The van der Waals surface area contributed by atoms with Crippen molar-refractivity contribution in [1.82, 2.24) is 0 Å². The predicted octanol–water partition coefficient (Wildman–Crippen LogP) is 4.78. The molecule has 0 fully saturated rings. The molecule has 0 amide bonds. The van der Waals surface area contributed by atoms with Gasteiger partial charge in [0.2, 0.25) is 0 Å². The lowest BCUT2D eigenvalue weighted by Gasteiger charge is -1.93.